The van der Waals surface area contributed by atoms with Gasteiger partial charge in [-0.2, -0.15) is 0 Å². The van der Waals surface area contributed by atoms with E-state index in [1.54, 1.807) is 24.1 Å². The predicted molar refractivity (Wildman–Crippen MR) is 118 cm³/mol. The SMILES string of the molecule is Cc1cccc(-n2c(C)cc(C(=O)N(C)[C@@H](C)c3cccc(S(N)(=O)=O)c3)c2C)c1. The zero-order valence-electron chi connectivity index (χ0n) is 17.9. The van der Waals surface area contributed by atoms with Gasteiger partial charge in [-0.15, -0.1) is 0 Å². The molecule has 0 aliphatic heterocycles. The van der Waals surface area contributed by atoms with Crippen LogP contribution in [-0.4, -0.2) is 30.8 Å². The van der Waals surface area contributed by atoms with Crippen LogP contribution in [0.1, 0.15) is 45.8 Å². The number of hydrogen-bond donors (Lipinski definition) is 1. The highest BCUT2D eigenvalue weighted by atomic mass is 32.2. The van der Waals surface area contributed by atoms with Gasteiger partial charge < -0.3 is 9.47 Å². The fourth-order valence-corrected chi connectivity index (χ4v) is 4.25. The number of nitrogens with two attached hydrogens (primary N) is 1. The molecule has 3 rings (SSSR count). The van der Waals surface area contributed by atoms with Crippen LogP contribution in [0, 0.1) is 20.8 Å². The van der Waals surface area contributed by atoms with E-state index in [0.29, 0.717) is 11.1 Å². The molecule has 0 saturated carbocycles. The van der Waals surface area contributed by atoms with Crippen LogP contribution in [0.3, 0.4) is 0 Å². The summed E-state index contributed by atoms with van der Waals surface area (Å²) in [6, 6.07) is 16.1. The Bertz CT molecular complexity index is 1210. The largest absolute Gasteiger partial charge is 0.335 e. The van der Waals surface area contributed by atoms with Crippen molar-refractivity contribution in [2.24, 2.45) is 5.14 Å². The molecule has 0 fully saturated rings. The first kappa shape index (κ1) is 21.8. The number of aryl methyl sites for hydroxylation is 2. The van der Waals surface area contributed by atoms with E-state index in [2.05, 4.69) is 10.6 Å². The molecule has 3 aromatic rings. The number of amides is 1. The van der Waals surface area contributed by atoms with E-state index in [9.17, 15) is 13.2 Å². The Morgan fingerprint density at radius 3 is 2.33 bits per heavy atom. The molecule has 0 radical (unpaired) electrons. The molecule has 1 aromatic heterocycles. The minimum atomic E-state index is -3.81. The number of sulfonamides is 1. The van der Waals surface area contributed by atoms with Crippen LogP contribution in [0.15, 0.2) is 59.5 Å². The summed E-state index contributed by atoms with van der Waals surface area (Å²) >= 11 is 0. The zero-order chi connectivity index (χ0) is 22.2. The van der Waals surface area contributed by atoms with Crippen molar-refractivity contribution >= 4 is 15.9 Å². The highest BCUT2D eigenvalue weighted by Crippen LogP contribution is 2.27. The molecule has 0 saturated heterocycles. The van der Waals surface area contributed by atoms with Gasteiger partial charge in [-0.25, -0.2) is 13.6 Å². The molecule has 7 heteroatoms. The molecule has 1 amide bonds. The quantitative estimate of drug-likeness (QED) is 0.673. The lowest BCUT2D eigenvalue weighted by molar-refractivity contribution is 0.0742. The van der Waals surface area contributed by atoms with E-state index in [1.807, 2.05) is 52.0 Å². The van der Waals surface area contributed by atoms with Gasteiger partial charge in [-0.3, -0.25) is 4.79 Å². The number of nitrogens with zero attached hydrogens (tertiary/aromatic N) is 2. The van der Waals surface area contributed by atoms with E-state index in [4.69, 9.17) is 5.14 Å². The molecule has 1 atom stereocenters. The van der Waals surface area contributed by atoms with Gasteiger partial charge in [0, 0.05) is 24.1 Å². The van der Waals surface area contributed by atoms with Crippen molar-refractivity contribution in [1.29, 1.82) is 0 Å². The molecule has 6 nitrogen and oxygen atoms in total. The molecule has 2 N–H and O–H groups in total. The van der Waals surface area contributed by atoms with Gasteiger partial charge in [-0.1, -0.05) is 24.3 Å². The molecule has 0 bridgehead atoms. The number of carbonyl (C=O) groups excluding carboxylic acids is 1. The Hall–Kier alpha value is -2.90. The molecule has 158 valence electrons. The molecular weight excluding hydrogens is 398 g/mol. The Kier molecular flexibility index (Phi) is 5.87. The third kappa shape index (κ3) is 4.17. The lowest BCUT2D eigenvalue weighted by Gasteiger charge is -2.26. The number of hydrogen-bond acceptors (Lipinski definition) is 3. The van der Waals surface area contributed by atoms with Crippen LogP contribution in [0.2, 0.25) is 0 Å². The van der Waals surface area contributed by atoms with E-state index >= 15 is 0 Å². The monoisotopic (exact) mass is 425 g/mol. The summed E-state index contributed by atoms with van der Waals surface area (Å²) in [7, 11) is -2.09. The molecule has 0 aliphatic rings. The second-order valence-electron chi connectivity index (χ2n) is 7.67. The fourth-order valence-electron chi connectivity index (χ4n) is 3.68. The van der Waals surface area contributed by atoms with E-state index in [0.717, 1.165) is 22.6 Å². The van der Waals surface area contributed by atoms with Gasteiger partial charge in [0.15, 0.2) is 0 Å². The van der Waals surface area contributed by atoms with Crippen molar-refractivity contribution in [3.8, 4) is 5.69 Å². The first-order chi connectivity index (χ1) is 14.0. The lowest BCUT2D eigenvalue weighted by Crippen LogP contribution is -2.30. The normalized spacial score (nSPS) is 12.6. The Labute approximate surface area is 178 Å². The molecule has 0 spiro atoms. The van der Waals surface area contributed by atoms with Crippen LogP contribution in [0.4, 0.5) is 0 Å². The summed E-state index contributed by atoms with van der Waals surface area (Å²) in [5.41, 5.74) is 5.31. The van der Waals surface area contributed by atoms with Gasteiger partial charge in [0.25, 0.3) is 5.91 Å². The number of benzene rings is 2. The van der Waals surface area contributed by atoms with Crippen LogP contribution >= 0.6 is 0 Å². The summed E-state index contributed by atoms with van der Waals surface area (Å²) in [5.74, 6) is -0.129. The Morgan fingerprint density at radius 2 is 1.70 bits per heavy atom. The summed E-state index contributed by atoms with van der Waals surface area (Å²) in [4.78, 5) is 14.9. The van der Waals surface area contributed by atoms with Gasteiger partial charge >= 0.3 is 0 Å². The van der Waals surface area contributed by atoms with Crippen molar-refractivity contribution in [2.45, 2.75) is 38.6 Å². The molecule has 0 unspecified atom stereocenters. The standard InChI is InChI=1S/C23H27N3O3S/c1-15-8-6-10-20(12-15)26-16(2)13-22(18(26)4)23(27)25(5)17(3)19-9-7-11-21(14-19)30(24,28)29/h6-14,17H,1-5H3,(H2,24,28,29)/t17-/m0/s1. The summed E-state index contributed by atoms with van der Waals surface area (Å²) in [6.45, 7) is 7.81. The summed E-state index contributed by atoms with van der Waals surface area (Å²) < 4.78 is 25.4. The van der Waals surface area contributed by atoms with Crippen molar-refractivity contribution in [1.82, 2.24) is 9.47 Å². The first-order valence-electron chi connectivity index (χ1n) is 9.66. The smallest absolute Gasteiger partial charge is 0.255 e. The maximum absolute atomic E-state index is 13.3. The maximum atomic E-state index is 13.3. The van der Waals surface area contributed by atoms with Crippen LogP contribution in [0.25, 0.3) is 5.69 Å². The second kappa shape index (κ2) is 8.08. The van der Waals surface area contributed by atoms with Gasteiger partial charge in [0.1, 0.15) is 0 Å². The van der Waals surface area contributed by atoms with E-state index in [-0.39, 0.29) is 16.8 Å². The minimum absolute atomic E-state index is 0.0327. The van der Waals surface area contributed by atoms with Crippen molar-refractivity contribution in [2.75, 3.05) is 7.05 Å². The summed E-state index contributed by atoms with van der Waals surface area (Å²) in [5, 5.41) is 5.25. The van der Waals surface area contributed by atoms with Crippen LogP contribution in [-0.2, 0) is 10.0 Å². The zero-order valence-corrected chi connectivity index (χ0v) is 18.7. The molecule has 0 aliphatic carbocycles. The highest BCUT2D eigenvalue weighted by Gasteiger charge is 2.24. The molecule has 2 aromatic carbocycles. The van der Waals surface area contributed by atoms with E-state index in [1.165, 1.54) is 12.1 Å². The third-order valence-electron chi connectivity index (χ3n) is 5.49. The lowest BCUT2D eigenvalue weighted by atomic mass is 10.1. The first-order valence-corrected chi connectivity index (χ1v) is 11.2. The van der Waals surface area contributed by atoms with E-state index < -0.39 is 10.0 Å². The fraction of sp³-hybridized carbons (Fsp3) is 0.261. The van der Waals surface area contributed by atoms with Crippen LogP contribution < -0.4 is 5.14 Å². The average Bonchev–Trinajstić information content (AvgIpc) is 2.99. The van der Waals surface area contributed by atoms with Crippen LogP contribution in [0.5, 0.6) is 0 Å². The minimum Gasteiger partial charge on any atom is -0.335 e. The van der Waals surface area contributed by atoms with Gasteiger partial charge in [0.2, 0.25) is 10.0 Å². The number of carbonyl (C=O) groups is 1. The van der Waals surface area contributed by atoms with Gasteiger partial charge in [0.05, 0.1) is 16.5 Å². The molecule has 30 heavy (non-hydrogen) atoms. The number of rotatable bonds is 5. The Morgan fingerprint density at radius 1 is 1.03 bits per heavy atom. The highest BCUT2D eigenvalue weighted by molar-refractivity contribution is 7.89. The maximum Gasteiger partial charge on any atom is 0.255 e. The predicted octanol–water partition coefficient (Wildman–Crippen LogP) is 3.88. The number of primary sulfonamides is 1. The summed E-state index contributed by atoms with van der Waals surface area (Å²) in [6.07, 6.45) is 0. The topological polar surface area (TPSA) is 85.4 Å². The van der Waals surface area contributed by atoms with Crippen molar-refractivity contribution in [3.63, 3.8) is 0 Å². The van der Waals surface area contributed by atoms with Gasteiger partial charge in [-0.05, 0) is 69.2 Å². The Balaban J connectivity index is 1.95. The number of aromatic nitrogens is 1. The van der Waals surface area contributed by atoms with Crippen molar-refractivity contribution < 1.29 is 13.2 Å². The molecule has 1 heterocycles. The third-order valence-corrected chi connectivity index (χ3v) is 6.40. The average molecular weight is 426 g/mol. The molecular formula is C23H27N3O3S. The van der Waals surface area contributed by atoms with Crippen molar-refractivity contribution in [3.05, 3.63) is 82.7 Å². The second-order valence-corrected chi connectivity index (χ2v) is 9.23.